The molecule has 0 aromatic carbocycles. The highest BCUT2D eigenvalue weighted by atomic mass is 16.8. The van der Waals surface area contributed by atoms with Gasteiger partial charge in [-0.15, -0.1) is 0 Å². The van der Waals surface area contributed by atoms with Crippen LogP contribution in [0.3, 0.4) is 0 Å². The van der Waals surface area contributed by atoms with Crippen molar-refractivity contribution in [3.8, 4) is 0 Å². The monoisotopic (exact) mass is 420 g/mol. The maximum Gasteiger partial charge on any atom is 0.181 e. The summed E-state index contributed by atoms with van der Waals surface area (Å²) in [4.78, 5) is 0. The third kappa shape index (κ3) is 3.68. The minimum atomic E-state index is 0.0932. The molecule has 5 fully saturated rings. The Kier molecular flexibility index (Phi) is 5.57. The second-order valence-electron chi connectivity index (χ2n) is 12.5. The van der Waals surface area contributed by atoms with Crippen LogP contribution >= 0.6 is 0 Å². The van der Waals surface area contributed by atoms with E-state index in [1.165, 1.54) is 51.4 Å². The average Bonchev–Trinajstić information content (AvgIpc) is 3.43. The standard InChI is InChI=1S/C26H44O4/c1-6-27-16-29-17-7-9-19-21(11-17)26(14-24(19,2)3)15-25(4,5)20-10-8-18(12-22(20)26)30-23-13-28-23/h17-23H,6-16H2,1-5H3. The van der Waals surface area contributed by atoms with Gasteiger partial charge in [0.05, 0.1) is 12.2 Å². The Bertz CT molecular complexity index is 623. The van der Waals surface area contributed by atoms with Crippen molar-refractivity contribution in [3.63, 3.8) is 0 Å². The zero-order valence-corrected chi connectivity index (χ0v) is 20.0. The zero-order valence-electron chi connectivity index (χ0n) is 20.0. The Labute approximate surface area is 183 Å². The molecule has 5 rings (SSSR count). The topological polar surface area (TPSA) is 40.2 Å². The molecule has 0 bridgehead atoms. The van der Waals surface area contributed by atoms with E-state index in [4.69, 9.17) is 18.9 Å². The van der Waals surface area contributed by atoms with Gasteiger partial charge in [-0.2, -0.15) is 0 Å². The van der Waals surface area contributed by atoms with Gasteiger partial charge in [0.1, 0.15) is 13.4 Å². The number of rotatable bonds is 6. The quantitative estimate of drug-likeness (QED) is 0.310. The minimum Gasteiger partial charge on any atom is -0.356 e. The molecule has 1 saturated heterocycles. The van der Waals surface area contributed by atoms with Crippen LogP contribution in [-0.2, 0) is 18.9 Å². The SMILES string of the molecule is CCOCOC1CCC2C(C1)C1(CC2(C)C)CC(C)(C)C2CCC(OC3CO3)CC21. The Morgan fingerprint density at radius 3 is 1.93 bits per heavy atom. The van der Waals surface area contributed by atoms with E-state index >= 15 is 0 Å². The molecule has 1 heterocycles. The first kappa shape index (κ1) is 21.7. The summed E-state index contributed by atoms with van der Waals surface area (Å²) in [5.41, 5.74) is 1.34. The molecule has 8 atom stereocenters. The lowest BCUT2D eigenvalue weighted by atomic mass is 9.60. The van der Waals surface area contributed by atoms with Crippen molar-refractivity contribution in [2.75, 3.05) is 20.0 Å². The van der Waals surface area contributed by atoms with E-state index in [9.17, 15) is 0 Å². The largest absolute Gasteiger partial charge is 0.356 e. The highest BCUT2D eigenvalue weighted by Gasteiger charge is 2.68. The minimum absolute atomic E-state index is 0.0932. The normalized spacial score (nSPS) is 48.5. The summed E-state index contributed by atoms with van der Waals surface area (Å²) in [5, 5.41) is 0. The van der Waals surface area contributed by atoms with Crippen molar-refractivity contribution in [1.82, 2.24) is 0 Å². The summed E-state index contributed by atoms with van der Waals surface area (Å²) in [7, 11) is 0. The molecule has 0 aromatic heterocycles. The van der Waals surface area contributed by atoms with Gasteiger partial charge < -0.3 is 18.9 Å². The van der Waals surface area contributed by atoms with Crippen molar-refractivity contribution in [2.45, 2.75) is 104 Å². The third-order valence-corrected chi connectivity index (χ3v) is 9.90. The lowest BCUT2D eigenvalue weighted by Crippen LogP contribution is -2.42. The van der Waals surface area contributed by atoms with Crippen LogP contribution in [0.4, 0.5) is 0 Å². The van der Waals surface area contributed by atoms with Crippen molar-refractivity contribution in [2.24, 2.45) is 39.9 Å². The van der Waals surface area contributed by atoms with Crippen LogP contribution in [-0.4, -0.2) is 38.5 Å². The smallest absolute Gasteiger partial charge is 0.181 e. The summed E-state index contributed by atoms with van der Waals surface area (Å²) in [6, 6.07) is 0. The van der Waals surface area contributed by atoms with E-state index in [2.05, 4.69) is 27.7 Å². The molecule has 5 aliphatic rings. The zero-order chi connectivity index (χ0) is 21.1. The molecule has 30 heavy (non-hydrogen) atoms. The molecule has 1 spiro atoms. The Hall–Kier alpha value is -0.160. The molecule has 0 amide bonds. The Balaban J connectivity index is 1.41. The van der Waals surface area contributed by atoms with Crippen molar-refractivity contribution < 1.29 is 18.9 Å². The van der Waals surface area contributed by atoms with Crippen LogP contribution in [0, 0.1) is 39.9 Å². The van der Waals surface area contributed by atoms with Crippen LogP contribution in [0.5, 0.6) is 0 Å². The van der Waals surface area contributed by atoms with Gasteiger partial charge in [0.2, 0.25) is 0 Å². The van der Waals surface area contributed by atoms with Gasteiger partial charge in [0, 0.05) is 6.61 Å². The highest BCUT2D eigenvalue weighted by Crippen LogP contribution is 2.75. The fraction of sp³-hybridized carbons (Fsp3) is 1.00. The molecule has 8 unspecified atom stereocenters. The molecule has 4 saturated carbocycles. The van der Waals surface area contributed by atoms with E-state index in [0.717, 1.165) is 36.9 Å². The molecular formula is C26H44O4. The summed E-state index contributed by atoms with van der Waals surface area (Å²) in [6.07, 6.45) is 11.2. The first-order valence-corrected chi connectivity index (χ1v) is 12.7. The second kappa shape index (κ2) is 7.71. The molecule has 4 aliphatic carbocycles. The van der Waals surface area contributed by atoms with Gasteiger partial charge in [0.15, 0.2) is 6.29 Å². The average molecular weight is 421 g/mol. The number of hydrogen-bond donors (Lipinski definition) is 0. The summed E-state index contributed by atoms with van der Waals surface area (Å²) in [6.45, 7) is 14.3. The van der Waals surface area contributed by atoms with E-state index in [-0.39, 0.29) is 6.29 Å². The first-order valence-electron chi connectivity index (χ1n) is 12.7. The lowest BCUT2D eigenvalue weighted by molar-refractivity contribution is -0.119. The molecule has 0 radical (unpaired) electrons. The van der Waals surface area contributed by atoms with E-state index in [0.29, 0.717) is 35.2 Å². The molecule has 4 nitrogen and oxygen atoms in total. The van der Waals surface area contributed by atoms with Gasteiger partial charge in [0.25, 0.3) is 0 Å². The predicted octanol–water partition coefficient (Wildman–Crippen LogP) is 5.79. The van der Waals surface area contributed by atoms with Crippen molar-refractivity contribution in [1.29, 1.82) is 0 Å². The molecule has 0 aromatic rings. The molecule has 1 aliphatic heterocycles. The van der Waals surface area contributed by atoms with Crippen molar-refractivity contribution in [3.05, 3.63) is 0 Å². The Morgan fingerprint density at radius 2 is 1.37 bits per heavy atom. The van der Waals surface area contributed by atoms with Crippen LogP contribution in [0.1, 0.15) is 86.0 Å². The predicted molar refractivity (Wildman–Crippen MR) is 117 cm³/mol. The van der Waals surface area contributed by atoms with Crippen LogP contribution in [0.2, 0.25) is 0 Å². The summed E-state index contributed by atoms with van der Waals surface area (Å²) in [5.74, 6) is 3.27. The number of fused-ring (bicyclic) bond motifs is 4. The fourth-order valence-electron chi connectivity index (χ4n) is 9.06. The first-order chi connectivity index (χ1) is 14.2. The molecule has 172 valence electrons. The van der Waals surface area contributed by atoms with Crippen molar-refractivity contribution >= 4 is 0 Å². The number of ether oxygens (including phenoxy) is 4. The molecule has 0 N–H and O–H groups in total. The maximum absolute atomic E-state index is 6.29. The summed E-state index contributed by atoms with van der Waals surface area (Å²) >= 11 is 0. The van der Waals surface area contributed by atoms with Crippen LogP contribution in [0.15, 0.2) is 0 Å². The van der Waals surface area contributed by atoms with Gasteiger partial charge in [-0.3, -0.25) is 0 Å². The van der Waals surface area contributed by atoms with Gasteiger partial charge in [-0.25, -0.2) is 0 Å². The van der Waals surface area contributed by atoms with Gasteiger partial charge in [-0.05, 0) is 98.2 Å². The van der Waals surface area contributed by atoms with Gasteiger partial charge in [-0.1, -0.05) is 27.7 Å². The third-order valence-electron chi connectivity index (χ3n) is 9.90. The van der Waals surface area contributed by atoms with Crippen LogP contribution < -0.4 is 0 Å². The highest BCUT2D eigenvalue weighted by molar-refractivity contribution is 5.17. The molecule has 4 heteroatoms. The fourth-order valence-corrected chi connectivity index (χ4v) is 9.06. The van der Waals surface area contributed by atoms with E-state index in [1.54, 1.807) is 0 Å². The Morgan fingerprint density at radius 1 is 0.800 bits per heavy atom. The van der Waals surface area contributed by atoms with Crippen LogP contribution in [0.25, 0.3) is 0 Å². The summed E-state index contributed by atoms with van der Waals surface area (Å²) < 4.78 is 23.4. The number of hydrogen-bond acceptors (Lipinski definition) is 4. The van der Waals surface area contributed by atoms with E-state index in [1.807, 2.05) is 6.92 Å². The lowest BCUT2D eigenvalue weighted by Gasteiger charge is -2.47. The maximum atomic E-state index is 6.29. The second-order valence-corrected chi connectivity index (χ2v) is 12.5. The molecular weight excluding hydrogens is 376 g/mol. The van der Waals surface area contributed by atoms with E-state index < -0.39 is 0 Å². The van der Waals surface area contributed by atoms with Gasteiger partial charge >= 0.3 is 0 Å². The number of epoxide rings is 1.